The average molecular weight is 154 g/mol. The SMILES string of the molecule is FCCCCc1ncccn1. The molecule has 60 valence electrons. The maximum Gasteiger partial charge on any atom is 0.128 e. The van der Waals surface area contributed by atoms with Crippen LogP contribution >= 0.6 is 0 Å². The molecule has 3 heteroatoms. The Labute approximate surface area is 65.5 Å². The Kier molecular flexibility index (Phi) is 3.52. The molecule has 0 aromatic carbocycles. The topological polar surface area (TPSA) is 25.8 Å². The van der Waals surface area contributed by atoms with Gasteiger partial charge in [0.15, 0.2) is 0 Å². The minimum atomic E-state index is -0.243. The molecule has 1 aromatic heterocycles. The number of aromatic nitrogens is 2. The Morgan fingerprint density at radius 3 is 2.55 bits per heavy atom. The lowest BCUT2D eigenvalue weighted by Gasteiger charge is -1.95. The highest BCUT2D eigenvalue weighted by molar-refractivity contribution is 4.88. The van der Waals surface area contributed by atoms with Crippen LogP contribution in [0.5, 0.6) is 0 Å². The van der Waals surface area contributed by atoms with Crippen molar-refractivity contribution in [1.82, 2.24) is 9.97 Å². The molecule has 1 rings (SSSR count). The van der Waals surface area contributed by atoms with Gasteiger partial charge < -0.3 is 0 Å². The van der Waals surface area contributed by atoms with Crippen molar-refractivity contribution in [3.05, 3.63) is 24.3 Å². The van der Waals surface area contributed by atoms with Crippen LogP contribution in [0.2, 0.25) is 0 Å². The Morgan fingerprint density at radius 1 is 1.18 bits per heavy atom. The minimum Gasteiger partial charge on any atom is -0.251 e. The van der Waals surface area contributed by atoms with Gasteiger partial charge in [0.2, 0.25) is 0 Å². The number of nitrogens with zero attached hydrogens (tertiary/aromatic N) is 2. The fraction of sp³-hybridized carbons (Fsp3) is 0.500. The van der Waals surface area contributed by atoms with E-state index in [0.29, 0.717) is 6.42 Å². The zero-order valence-electron chi connectivity index (χ0n) is 6.33. The van der Waals surface area contributed by atoms with E-state index < -0.39 is 0 Å². The third-order valence-corrected chi connectivity index (χ3v) is 1.40. The van der Waals surface area contributed by atoms with E-state index in [0.717, 1.165) is 18.7 Å². The molecule has 0 N–H and O–H groups in total. The molecule has 0 fully saturated rings. The molecule has 1 aromatic rings. The maximum absolute atomic E-state index is 11.7. The van der Waals surface area contributed by atoms with Crippen molar-refractivity contribution in [2.75, 3.05) is 6.67 Å². The van der Waals surface area contributed by atoms with Gasteiger partial charge in [-0.3, -0.25) is 4.39 Å². The highest BCUT2D eigenvalue weighted by atomic mass is 19.1. The molecular weight excluding hydrogens is 143 g/mol. The summed E-state index contributed by atoms with van der Waals surface area (Å²) in [4.78, 5) is 8.03. The highest BCUT2D eigenvalue weighted by Crippen LogP contribution is 1.97. The smallest absolute Gasteiger partial charge is 0.128 e. The van der Waals surface area contributed by atoms with Crippen LogP contribution in [0, 0.1) is 0 Å². The van der Waals surface area contributed by atoms with Gasteiger partial charge in [-0.2, -0.15) is 0 Å². The van der Waals surface area contributed by atoms with Gasteiger partial charge in [0.25, 0.3) is 0 Å². The third kappa shape index (κ3) is 3.07. The monoisotopic (exact) mass is 154 g/mol. The molecule has 0 saturated heterocycles. The molecule has 0 atom stereocenters. The standard InChI is InChI=1S/C8H11FN2/c9-5-2-1-4-8-10-6-3-7-11-8/h3,6-7H,1-2,4-5H2. The predicted octanol–water partition coefficient (Wildman–Crippen LogP) is 1.77. The van der Waals surface area contributed by atoms with Crippen molar-refractivity contribution >= 4 is 0 Å². The number of unbranched alkanes of at least 4 members (excludes halogenated alkanes) is 1. The molecule has 1 heterocycles. The largest absolute Gasteiger partial charge is 0.251 e. The Bertz CT molecular complexity index is 189. The van der Waals surface area contributed by atoms with Crippen LogP contribution in [-0.2, 0) is 6.42 Å². The fourth-order valence-electron chi connectivity index (χ4n) is 0.837. The second kappa shape index (κ2) is 4.77. The van der Waals surface area contributed by atoms with E-state index in [2.05, 4.69) is 9.97 Å². The molecule has 0 radical (unpaired) electrons. The Balaban J connectivity index is 2.28. The number of hydrogen-bond donors (Lipinski definition) is 0. The number of aryl methyl sites for hydroxylation is 1. The lowest BCUT2D eigenvalue weighted by molar-refractivity contribution is 0.460. The van der Waals surface area contributed by atoms with Crippen LogP contribution in [-0.4, -0.2) is 16.6 Å². The van der Waals surface area contributed by atoms with E-state index in [4.69, 9.17) is 0 Å². The van der Waals surface area contributed by atoms with Crippen molar-refractivity contribution in [2.24, 2.45) is 0 Å². The van der Waals surface area contributed by atoms with Crippen LogP contribution in [0.3, 0.4) is 0 Å². The van der Waals surface area contributed by atoms with E-state index in [9.17, 15) is 4.39 Å². The molecule has 0 spiro atoms. The van der Waals surface area contributed by atoms with E-state index in [1.54, 1.807) is 18.5 Å². The molecular formula is C8H11FN2. The van der Waals surface area contributed by atoms with Gasteiger partial charge in [0.1, 0.15) is 5.82 Å². The van der Waals surface area contributed by atoms with Gasteiger partial charge in [-0.05, 0) is 18.9 Å². The molecule has 0 bridgehead atoms. The Hall–Kier alpha value is -0.990. The first-order chi connectivity index (χ1) is 5.43. The summed E-state index contributed by atoms with van der Waals surface area (Å²) in [5.41, 5.74) is 0. The molecule has 0 aliphatic carbocycles. The Morgan fingerprint density at radius 2 is 1.91 bits per heavy atom. The summed E-state index contributed by atoms with van der Waals surface area (Å²) in [6.07, 6.45) is 5.64. The first-order valence-corrected chi connectivity index (χ1v) is 3.75. The summed E-state index contributed by atoms with van der Waals surface area (Å²) in [6.45, 7) is -0.243. The van der Waals surface area contributed by atoms with Crippen molar-refractivity contribution in [3.8, 4) is 0 Å². The summed E-state index contributed by atoms with van der Waals surface area (Å²) in [5.74, 6) is 0.806. The van der Waals surface area contributed by atoms with E-state index in [1.165, 1.54) is 0 Å². The van der Waals surface area contributed by atoms with Crippen LogP contribution in [0.25, 0.3) is 0 Å². The normalized spacial score (nSPS) is 9.91. The fourth-order valence-corrected chi connectivity index (χ4v) is 0.837. The van der Waals surface area contributed by atoms with Crippen LogP contribution < -0.4 is 0 Å². The van der Waals surface area contributed by atoms with Crippen LogP contribution in [0.15, 0.2) is 18.5 Å². The number of rotatable bonds is 4. The molecule has 0 aliphatic rings. The first kappa shape index (κ1) is 8.11. The van der Waals surface area contributed by atoms with E-state index in [1.807, 2.05) is 0 Å². The number of hydrogen-bond acceptors (Lipinski definition) is 2. The van der Waals surface area contributed by atoms with Gasteiger partial charge >= 0.3 is 0 Å². The average Bonchev–Trinajstić information content (AvgIpc) is 2.07. The lowest BCUT2D eigenvalue weighted by atomic mass is 10.2. The molecule has 2 nitrogen and oxygen atoms in total. The highest BCUT2D eigenvalue weighted by Gasteiger charge is 1.93. The van der Waals surface area contributed by atoms with Crippen LogP contribution in [0.1, 0.15) is 18.7 Å². The molecule has 0 unspecified atom stereocenters. The van der Waals surface area contributed by atoms with Crippen molar-refractivity contribution < 1.29 is 4.39 Å². The van der Waals surface area contributed by atoms with Gasteiger partial charge in [-0.15, -0.1) is 0 Å². The van der Waals surface area contributed by atoms with Crippen LogP contribution in [0.4, 0.5) is 4.39 Å². The summed E-state index contributed by atoms with van der Waals surface area (Å²) in [6, 6.07) is 1.78. The molecule has 0 saturated carbocycles. The summed E-state index contributed by atoms with van der Waals surface area (Å²) in [7, 11) is 0. The zero-order chi connectivity index (χ0) is 7.94. The maximum atomic E-state index is 11.7. The summed E-state index contributed by atoms with van der Waals surface area (Å²) in [5, 5.41) is 0. The number of halogens is 1. The third-order valence-electron chi connectivity index (χ3n) is 1.40. The first-order valence-electron chi connectivity index (χ1n) is 3.75. The molecule has 11 heavy (non-hydrogen) atoms. The minimum absolute atomic E-state index is 0.243. The van der Waals surface area contributed by atoms with E-state index >= 15 is 0 Å². The molecule has 0 amide bonds. The predicted molar refractivity (Wildman–Crippen MR) is 40.9 cm³/mol. The quantitative estimate of drug-likeness (QED) is 0.617. The van der Waals surface area contributed by atoms with E-state index in [-0.39, 0.29) is 6.67 Å². The van der Waals surface area contributed by atoms with Gasteiger partial charge in [-0.25, -0.2) is 9.97 Å². The van der Waals surface area contributed by atoms with Gasteiger partial charge in [0, 0.05) is 18.8 Å². The zero-order valence-corrected chi connectivity index (χ0v) is 6.33. The number of alkyl halides is 1. The van der Waals surface area contributed by atoms with Crippen molar-refractivity contribution in [1.29, 1.82) is 0 Å². The molecule has 0 aliphatic heterocycles. The van der Waals surface area contributed by atoms with Crippen molar-refractivity contribution in [3.63, 3.8) is 0 Å². The second-order valence-corrected chi connectivity index (χ2v) is 2.31. The van der Waals surface area contributed by atoms with Gasteiger partial charge in [0.05, 0.1) is 6.67 Å². The second-order valence-electron chi connectivity index (χ2n) is 2.31. The van der Waals surface area contributed by atoms with Gasteiger partial charge in [-0.1, -0.05) is 0 Å². The lowest BCUT2D eigenvalue weighted by Crippen LogP contribution is -1.93. The van der Waals surface area contributed by atoms with Crippen molar-refractivity contribution in [2.45, 2.75) is 19.3 Å². The summed E-state index contributed by atoms with van der Waals surface area (Å²) >= 11 is 0. The summed E-state index contributed by atoms with van der Waals surface area (Å²) < 4.78 is 11.7.